The number of aliphatic hydroxyl groups is 1. The van der Waals surface area contributed by atoms with Crippen molar-refractivity contribution in [3.05, 3.63) is 41.2 Å². The molecular formula is C17H23N3O4. The van der Waals surface area contributed by atoms with Gasteiger partial charge in [0, 0.05) is 23.4 Å². The van der Waals surface area contributed by atoms with Crippen molar-refractivity contribution in [2.45, 2.75) is 26.1 Å². The van der Waals surface area contributed by atoms with Gasteiger partial charge < -0.3 is 25.1 Å². The van der Waals surface area contributed by atoms with Gasteiger partial charge in [0.05, 0.1) is 26.9 Å². The van der Waals surface area contributed by atoms with Gasteiger partial charge in [0.1, 0.15) is 6.10 Å². The maximum atomic E-state index is 10.7. The third-order valence-electron chi connectivity index (χ3n) is 3.49. The summed E-state index contributed by atoms with van der Waals surface area (Å²) in [5.41, 5.74) is 7.98. The molecule has 2 aromatic rings. The van der Waals surface area contributed by atoms with Crippen LogP contribution in [-0.4, -0.2) is 35.9 Å². The molecule has 130 valence electrons. The first-order valence-corrected chi connectivity index (χ1v) is 7.70. The van der Waals surface area contributed by atoms with Crippen molar-refractivity contribution in [1.29, 1.82) is 0 Å². The molecule has 0 saturated carbocycles. The van der Waals surface area contributed by atoms with Gasteiger partial charge in [-0.05, 0) is 6.42 Å². The summed E-state index contributed by atoms with van der Waals surface area (Å²) in [7, 11) is 2.97. The number of anilines is 1. The Morgan fingerprint density at radius 3 is 2.42 bits per heavy atom. The third kappa shape index (κ3) is 4.12. The fourth-order valence-electron chi connectivity index (χ4n) is 2.22. The zero-order valence-corrected chi connectivity index (χ0v) is 14.2. The highest BCUT2D eigenvalue weighted by molar-refractivity contribution is 5.55. The lowest BCUT2D eigenvalue weighted by Gasteiger charge is -2.16. The number of nitrogens with two attached hydrogens (primary N) is 1. The standard InChI is InChI=1S/C17H23N3O4/c1-4-8-24-10-11-6-5-7-12(15(11)18)16(21)17-19-13(22-2)9-14(20-17)23-3/h5-7,9,16,21H,4,8,10,18H2,1-3H3. The van der Waals surface area contributed by atoms with Gasteiger partial charge in [-0.2, -0.15) is 9.97 Å². The number of methoxy groups -OCH3 is 2. The Labute approximate surface area is 141 Å². The summed E-state index contributed by atoms with van der Waals surface area (Å²) in [6, 6.07) is 6.96. The number of aliphatic hydroxyl groups excluding tert-OH is 1. The molecule has 0 bridgehead atoms. The van der Waals surface area contributed by atoms with Gasteiger partial charge in [0.15, 0.2) is 5.82 Å². The van der Waals surface area contributed by atoms with Crippen molar-refractivity contribution in [2.24, 2.45) is 0 Å². The predicted molar refractivity (Wildman–Crippen MR) is 90.0 cm³/mol. The minimum atomic E-state index is -1.10. The topological polar surface area (TPSA) is 99.7 Å². The van der Waals surface area contributed by atoms with Crippen molar-refractivity contribution < 1.29 is 19.3 Å². The highest BCUT2D eigenvalue weighted by Gasteiger charge is 2.20. The first kappa shape index (κ1) is 18.0. The second-order valence-corrected chi connectivity index (χ2v) is 5.19. The normalized spacial score (nSPS) is 12.0. The molecule has 3 N–H and O–H groups in total. The van der Waals surface area contributed by atoms with Crippen LogP contribution in [0.1, 0.15) is 36.4 Å². The number of hydrogen-bond acceptors (Lipinski definition) is 7. The molecule has 0 fully saturated rings. The van der Waals surface area contributed by atoms with Crippen LogP contribution in [0.2, 0.25) is 0 Å². The largest absolute Gasteiger partial charge is 0.481 e. The van der Waals surface area contributed by atoms with Gasteiger partial charge >= 0.3 is 0 Å². The van der Waals surface area contributed by atoms with Crippen molar-refractivity contribution >= 4 is 5.69 Å². The monoisotopic (exact) mass is 333 g/mol. The molecule has 1 aromatic carbocycles. The fourth-order valence-corrected chi connectivity index (χ4v) is 2.22. The van der Waals surface area contributed by atoms with Crippen LogP contribution in [-0.2, 0) is 11.3 Å². The number of nitrogen functional groups attached to an aromatic ring is 1. The number of hydrogen-bond donors (Lipinski definition) is 2. The van der Waals surface area contributed by atoms with Crippen LogP contribution in [0.4, 0.5) is 5.69 Å². The summed E-state index contributed by atoms with van der Waals surface area (Å²) >= 11 is 0. The van der Waals surface area contributed by atoms with Gasteiger partial charge in [-0.25, -0.2) is 0 Å². The Hall–Kier alpha value is -2.38. The van der Waals surface area contributed by atoms with E-state index < -0.39 is 6.10 Å². The first-order chi connectivity index (χ1) is 11.6. The molecule has 1 unspecified atom stereocenters. The predicted octanol–water partition coefficient (Wildman–Crippen LogP) is 2.08. The molecule has 0 aliphatic heterocycles. The lowest BCUT2D eigenvalue weighted by molar-refractivity contribution is 0.121. The highest BCUT2D eigenvalue weighted by Crippen LogP contribution is 2.29. The molecule has 24 heavy (non-hydrogen) atoms. The summed E-state index contributed by atoms with van der Waals surface area (Å²) in [5, 5.41) is 10.7. The van der Waals surface area contributed by atoms with Crippen LogP contribution in [0, 0.1) is 0 Å². The Bertz CT molecular complexity index is 657. The van der Waals surface area contributed by atoms with Crippen LogP contribution in [0.5, 0.6) is 11.8 Å². The number of para-hydroxylation sites is 1. The van der Waals surface area contributed by atoms with Crippen LogP contribution >= 0.6 is 0 Å². The minimum absolute atomic E-state index is 0.157. The van der Waals surface area contributed by atoms with Crippen molar-refractivity contribution in [3.63, 3.8) is 0 Å². The molecule has 0 spiro atoms. The Balaban J connectivity index is 2.32. The molecular weight excluding hydrogens is 310 g/mol. The van der Waals surface area contributed by atoms with Crippen LogP contribution < -0.4 is 15.2 Å². The van der Waals surface area contributed by atoms with E-state index in [4.69, 9.17) is 19.9 Å². The average Bonchev–Trinajstić information content (AvgIpc) is 2.62. The molecule has 2 rings (SSSR count). The van der Waals surface area contributed by atoms with Crippen molar-refractivity contribution in [2.75, 3.05) is 26.6 Å². The lowest BCUT2D eigenvalue weighted by Crippen LogP contribution is -2.11. The molecule has 0 saturated heterocycles. The van der Waals surface area contributed by atoms with E-state index >= 15 is 0 Å². The van der Waals surface area contributed by atoms with Gasteiger partial charge in [0.2, 0.25) is 11.8 Å². The number of nitrogens with zero attached hydrogens (tertiary/aromatic N) is 2. The SMILES string of the molecule is CCCOCc1cccc(C(O)c2nc(OC)cc(OC)n2)c1N. The van der Waals surface area contributed by atoms with Gasteiger partial charge in [-0.3, -0.25) is 0 Å². The molecule has 1 aromatic heterocycles. The maximum absolute atomic E-state index is 10.7. The minimum Gasteiger partial charge on any atom is -0.481 e. The van der Waals surface area contributed by atoms with Gasteiger partial charge in [0.25, 0.3) is 0 Å². The van der Waals surface area contributed by atoms with Crippen LogP contribution in [0.3, 0.4) is 0 Å². The summed E-state index contributed by atoms with van der Waals surface area (Å²) in [6.45, 7) is 3.09. The average molecular weight is 333 g/mol. The molecule has 7 heteroatoms. The van der Waals surface area contributed by atoms with E-state index in [0.29, 0.717) is 36.2 Å². The Kier molecular flexibility index (Phi) is 6.34. The molecule has 1 heterocycles. The maximum Gasteiger partial charge on any atom is 0.220 e. The summed E-state index contributed by atoms with van der Waals surface area (Å²) in [5.74, 6) is 0.762. The van der Waals surface area contributed by atoms with E-state index in [2.05, 4.69) is 9.97 Å². The zero-order valence-electron chi connectivity index (χ0n) is 14.2. The van der Waals surface area contributed by atoms with Crippen molar-refractivity contribution in [1.82, 2.24) is 9.97 Å². The number of benzene rings is 1. The van der Waals surface area contributed by atoms with E-state index in [1.54, 1.807) is 6.07 Å². The van der Waals surface area contributed by atoms with Gasteiger partial charge in [-0.15, -0.1) is 0 Å². The zero-order chi connectivity index (χ0) is 17.5. The summed E-state index contributed by atoms with van der Waals surface area (Å²) in [6.07, 6.45) is -0.167. The molecule has 0 amide bonds. The first-order valence-electron chi connectivity index (χ1n) is 7.70. The Morgan fingerprint density at radius 1 is 1.17 bits per heavy atom. The molecule has 0 aliphatic carbocycles. The highest BCUT2D eigenvalue weighted by atomic mass is 16.5. The number of aromatic nitrogens is 2. The second kappa shape index (κ2) is 8.47. The van der Waals surface area contributed by atoms with Crippen LogP contribution in [0.15, 0.2) is 24.3 Å². The van der Waals surface area contributed by atoms with E-state index in [0.717, 1.165) is 12.0 Å². The molecule has 0 aliphatic rings. The summed E-state index contributed by atoms with van der Waals surface area (Å²) in [4.78, 5) is 8.34. The van der Waals surface area contributed by atoms with Crippen LogP contribution in [0.25, 0.3) is 0 Å². The number of rotatable bonds is 8. The quantitative estimate of drug-likeness (QED) is 0.563. The fraction of sp³-hybridized carbons (Fsp3) is 0.412. The molecule has 0 radical (unpaired) electrons. The second-order valence-electron chi connectivity index (χ2n) is 5.19. The van der Waals surface area contributed by atoms with Gasteiger partial charge in [-0.1, -0.05) is 25.1 Å². The van der Waals surface area contributed by atoms with E-state index in [1.807, 2.05) is 19.1 Å². The Morgan fingerprint density at radius 2 is 1.83 bits per heavy atom. The van der Waals surface area contributed by atoms with E-state index in [1.165, 1.54) is 20.3 Å². The van der Waals surface area contributed by atoms with E-state index in [-0.39, 0.29) is 5.82 Å². The summed E-state index contributed by atoms with van der Waals surface area (Å²) < 4.78 is 15.7. The van der Waals surface area contributed by atoms with Crippen molar-refractivity contribution in [3.8, 4) is 11.8 Å². The molecule has 1 atom stereocenters. The number of ether oxygens (including phenoxy) is 3. The smallest absolute Gasteiger partial charge is 0.220 e. The van der Waals surface area contributed by atoms with E-state index in [9.17, 15) is 5.11 Å². The third-order valence-corrected chi connectivity index (χ3v) is 3.49. The lowest BCUT2D eigenvalue weighted by atomic mass is 10.0. The molecule has 7 nitrogen and oxygen atoms in total.